The van der Waals surface area contributed by atoms with Gasteiger partial charge in [0.15, 0.2) is 0 Å². The topological polar surface area (TPSA) is 23.6 Å². The molecule has 1 saturated heterocycles. The van der Waals surface area contributed by atoms with Crippen LogP contribution in [0.2, 0.25) is 0 Å². The van der Waals surface area contributed by atoms with Crippen LogP contribution in [0.4, 0.5) is 13.2 Å². The van der Waals surface area contributed by atoms with Gasteiger partial charge in [0.2, 0.25) is 0 Å². The summed E-state index contributed by atoms with van der Waals surface area (Å²) in [7, 11) is 0. The molecule has 0 aromatic rings. The molecule has 0 radical (unpaired) electrons. The zero-order valence-corrected chi connectivity index (χ0v) is 10.8. The van der Waals surface area contributed by atoms with Crippen molar-refractivity contribution in [1.82, 2.24) is 9.80 Å². The third-order valence-electron chi connectivity index (χ3n) is 3.19. The zero-order chi connectivity index (χ0) is 13.6. The minimum atomic E-state index is -4.10. The van der Waals surface area contributed by atoms with Crippen molar-refractivity contribution in [3.05, 3.63) is 0 Å². The Hall–Kier alpha value is -0.620. The lowest BCUT2D eigenvalue weighted by molar-refractivity contribution is -0.149. The molecule has 1 aliphatic heterocycles. The average Bonchev–Trinajstić information content (AvgIpc) is 2.29. The highest BCUT2D eigenvalue weighted by atomic mass is 19.4. The quantitative estimate of drug-likeness (QED) is 0.734. The van der Waals surface area contributed by atoms with Crippen molar-refractivity contribution in [2.24, 2.45) is 0 Å². The molecule has 1 rings (SSSR count). The molecule has 1 aliphatic rings. The van der Waals surface area contributed by atoms with E-state index in [-0.39, 0.29) is 5.78 Å². The first-order valence-corrected chi connectivity index (χ1v) is 6.44. The van der Waals surface area contributed by atoms with Gasteiger partial charge in [0.25, 0.3) is 0 Å². The third-order valence-corrected chi connectivity index (χ3v) is 3.19. The first kappa shape index (κ1) is 15.4. The maximum absolute atomic E-state index is 12.2. The monoisotopic (exact) mass is 266 g/mol. The van der Waals surface area contributed by atoms with Crippen LogP contribution in [-0.4, -0.2) is 61.0 Å². The van der Waals surface area contributed by atoms with E-state index in [2.05, 4.69) is 4.90 Å². The van der Waals surface area contributed by atoms with Crippen LogP contribution in [0.3, 0.4) is 0 Å². The van der Waals surface area contributed by atoms with Crippen LogP contribution in [0.1, 0.15) is 26.2 Å². The molecule has 0 aromatic heterocycles. The second-order valence-corrected chi connectivity index (χ2v) is 4.73. The number of piperazine rings is 1. The second kappa shape index (κ2) is 7.09. The van der Waals surface area contributed by atoms with Crippen molar-refractivity contribution in [3.8, 4) is 0 Å². The van der Waals surface area contributed by atoms with Crippen molar-refractivity contribution in [1.29, 1.82) is 0 Å². The summed E-state index contributed by atoms with van der Waals surface area (Å²) in [6.45, 7) is 4.09. The number of alkyl halides is 3. The third kappa shape index (κ3) is 6.35. The molecule has 0 saturated carbocycles. The van der Waals surface area contributed by atoms with E-state index in [0.29, 0.717) is 39.0 Å². The van der Waals surface area contributed by atoms with Crippen LogP contribution < -0.4 is 0 Å². The van der Waals surface area contributed by atoms with Crippen LogP contribution in [0.5, 0.6) is 0 Å². The van der Waals surface area contributed by atoms with Crippen LogP contribution >= 0.6 is 0 Å². The molecular formula is C12H21F3N2O. The minimum Gasteiger partial charge on any atom is -0.301 e. The number of carbonyl (C=O) groups is 1. The first-order chi connectivity index (χ1) is 8.40. The van der Waals surface area contributed by atoms with Gasteiger partial charge in [-0.3, -0.25) is 9.69 Å². The summed E-state index contributed by atoms with van der Waals surface area (Å²) in [5.41, 5.74) is 0. The van der Waals surface area contributed by atoms with E-state index >= 15 is 0 Å². The fourth-order valence-electron chi connectivity index (χ4n) is 2.10. The van der Waals surface area contributed by atoms with Crippen molar-refractivity contribution in [2.45, 2.75) is 32.4 Å². The molecule has 0 spiro atoms. The maximum atomic E-state index is 12.2. The molecule has 0 atom stereocenters. The van der Waals surface area contributed by atoms with Gasteiger partial charge in [-0.25, -0.2) is 0 Å². The molecule has 0 N–H and O–H groups in total. The van der Waals surface area contributed by atoms with E-state index in [1.165, 1.54) is 4.90 Å². The summed E-state index contributed by atoms with van der Waals surface area (Å²) in [6.07, 6.45) is -2.14. The van der Waals surface area contributed by atoms with Gasteiger partial charge in [-0.15, -0.1) is 0 Å². The van der Waals surface area contributed by atoms with E-state index in [4.69, 9.17) is 0 Å². The Bertz CT molecular complexity index is 261. The first-order valence-electron chi connectivity index (χ1n) is 6.44. The summed E-state index contributed by atoms with van der Waals surface area (Å²) in [4.78, 5) is 14.7. The van der Waals surface area contributed by atoms with Gasteiger partial charge in [-0.05, 0) is 13.0 Å². The number of nitrogens with zero attached hydrogens (tertiary/aromatic N) is 2. The highest BCUT2D eigenvalue weighted by molar-refractivity contribution is 5.77. The lowest BCUT2D eigenvalue weighted by Gasteiger charge is -2.34. The number of hydrogen-bond donors (Lipinski definition) is 0. The van der Waals surface area contributed by atoms with Gasteiger partial charge in [-0.2, -0.15) is 13.2 Å². The smallest absolute Gasteiger partial charge is 0.301 e. The predicted octanol–water partition coefficient (Wildman–Crippen LogP) is 1.93. The predicted molar refractivity (Wildman–Crippen MR) is 63.5 cm³/mol. The molecule has 0 aliphatic carbocycles. The molecule has 0 aromatic carbocycles. The molecule has 6 heteroatoms. The summed E-state index contributed by atoms with van der Waals surface area (Å²) >= 11 is 0. The highest BCUT2D eigenvalue weighted by Crippen LogP contribution is 2.17. The molecule has 18 heavy (non-hydrogen) atoms. The van der Waals surface area contributed by atoms with Crippen LogP contribution in [0, 0.1) is 0 Å². The minimum absolute atomic E-state index is 0.255. The second-order valence-electron chi connectivity index (χ2n) is 4.73. The largest absolute Gasteiger partial charge is 0.401 e. The van der Waals surface area contributed by atoms with Crippen molar-refractivity contribution in [3.63, 3.8) is 0 Å². The Morgan fingerprint density at radius 1 is 1.11 bits per heavy atom. The SMILES string of the molecule is CCC(=O)CCCN1CCN(CC(F)(F)F)CC1. The van der Waals surface area contributed by atoms with Gasteiger partial charge >= 0.3 is 6.18 Å². The van der Waals surface area contributed by atoms with Gasteiger partial charge in [0.05, 0.1) is 6.54 Å². The van der Waals surface area contributed by atoms with E-state index in [9.17, 15) is 18.0 Å². The number of ketones is 1. The van der Waals surface area contributed by atoms with E-state index in [0.717, 1.165) is 13.0 Å². The Labute approximate surface area is 106 Å². The number of carbonyl (C=O) groups excluding carboxylic acids is 1. The average molecular weight is 266 g/mol. The Morgan fingerprint density at radius 3 is 2.17 bits per heavy atom. The molecular weight excluding hydrogens is 245 g/mol. The summed E-state index contributed by atoms with van der Waals surface area (Å²) < 4.78 is 36.5. The van der Waals surface area contributed by atoms with Crippen LogP contribution in [0.25, 0.3) is 0 Å². The highest BCUT2D eigenvalue weighted by Gasteiger charge is 2.31. The Kier molecular flexibility index (Phi) is 6.08. The van der Waals surface area contributed by atoms with Gasteiger partial charge < -0.3 is 4.90 Å². The van der Waals surface area contributed by atoms with Crippen molar-refractivity contribution in [2.75, 3.05) is 39.3 Å². The lowest BCUT2D eigenvalue weighted by Crippen LogP contribution is -2.49. The van der Waals surface area contributed by atoms with Crippen molar-refractivity contribution < 1.29 is 18.0 Å². The molecule has 0 bridgehead atoms. The molecule has 0 unspecified atom stereocenters. The number of hydrogen-bond acceptors (Lipinski definition) is 3. The van der Waals surface area contributed by atoms with Crippen LogP contribution in [-0.2, 0) is 4.79 Å². The summed E-state index contributed by atoms with van der Waals surface area (Å²) in [5.74, 6) is 0.255. The summed E-state index contributed by atoms with van der Waals surface area (Å²) in [5, 5.41) is 0. The molecule has 0 amide bonds. The Balaban J connectivity index is 2.14. The lowest BCUT2D eigenvalue weighted by atomic mass is 10.1. The van der Waals surface area contributed by atoms with Crippen LogP contribution in [0.15, 0.2) is 0 Å². The maximum Gasteiger partial charge on any atom is 0.401 e. The van der Waals surface area contributed by atoms with Gasteiger partial charge in [0.1, 0.15) is 5.78 Å². The van der Waals surface area contributed by atoms with Crippen molar-refractivity contribution >= 4 is 5.78 Å². The molecule has 106 valence electrons. The van der Waals surface area contributed by atoms with E-state index in [1.54, 1.807) is 0 Å². The standard InChI is InChI=1S/C12H21F3N2O/c1-2-11(18)4-3-5-16-6-8-17(9-7-16)10-12(13,14)15/h2-10H2,1H3. The van der Waals surface area contributed by atoms with E-state index < -0.39 is 12.7 Å². The normalized spacial score (nSPS) is 19.1. The zero-order valence-electron chi connectivity index (χ0n) is 10.8. The fourth-order valence-corrected chi connectivity index (χ4v) is 2.10. The molecule has 3 nitrogen and oxygen atoms in total. The fraction of sp³-hybridized carbons (Fsp3) is 0.917. The van der Waals surface area contributed by atoms with Gasteiger partial charge in [0, 0.05) is 39.0 Å². The number of Topliss-reactive ketones (excluding diaryl/α,β-unsaturated/α-hetero) is 1. The summed E-state index contributed by atoms with van der Waals surface area (Å²) in [6, 6.07) is 0. The van der Waals surface area contributed by atoms with Gasteiger partial charge in [-0.1, -0.05) is 6.92 Å². The van der Waals surface area contributed by atoms with E-state index in [1.807, 2.05) is 6.92 Å². The Morgan fingerprint density at radius 2 is 1.67 bits per heavy atom. The molecule has 1 heterocycles. The number of halogens is 3. The number of rotatable bonds is 6. The molecule has 1 fully saturated rings.